The summed E-state index contributed by atoms with van der Waals surface area (Å²) in [5.41, 5.74) is 4.76. The van der Waals surface area contributed by atoms with E-state index in [0.29, 0.717) is 19.7 Å². The number of aliphatic imine (C=N–C) groups is 1. The van der Waals surface area contributed by atoms with E-state index in [1.165, 1.54) is 16.8 Å². The molecule has 2 aromatic carbocycles. The van der Waals surface area contributed by atoms with E-state index in [4.69, 9.17) is 9.47 Å². The zero-order chi connectivity index (χ0) is 21.6. The third-order valence-corrected chi connectivity index (χ3v) is 5.60. The Kier molecular flexibility index (Phi) is 8.67. The second-order valence-corrected chi connectivity index (χ2v) is 7.96. The highest BCUT2D eigenvalue weighted by atomic mass is 127. The number of hydrogen-bond acceptors (Lipinski definition) is 4. The molecule has 0 aliphatic carbocycles. The van der Waals surface area contributed by atoms with E-state index < -0.39 is 0 Å². The highest BCUT2D eigenvalue weighted by molar-refractivity contribution is 14.0. The number of hydrogen-bond donors (Lipinski definition) is 2. The van der Waals surface area contributed by atoms with Crippen molar-refractivity contribution in [3.8, 4) is 11.5 Å². The van der Waals surface area contributed by atoms with Crippen LogP contribution in [-0.4, -0.2) is 38.8 Å². The summed E-state index contributed by atoms with van der Waals surface area (Å²) in [6.07, 6.45) is 5.56. The number of nitrogens with one attached hydrogen (secondary N) is 2. The van der Waals surface area contributed by atoms with Crippen molar-refractivity contribution in [1.82, 2.24) is 10.6 Å². The van der Waals surface area contributed by atoms with E-state index in [1.807, 2.05) is 6.92 Å². The van der Waals surface area contributed by atoms with Crippen molar-refractivity contribution in [1.29, 1.82) is 0 Å². The number of guanidine groups is 1. The van der Waals surface area contributed by atoms with Crippen LogP contribution in [0.1, 0.15) is 30.5 Å². The Morgan fingerprint density at radius 2 is 1.94 bits per heavy atom. The van der Waals surface area contributed by atoms with Crippen LogP contribution in [0.4, 0.5) is 5.69 Å². The lowest BCUT2D eigenvalue weighted by atomic mass is 10.1. The van der Waals surface area contributed by atoms with Gasteiger partial charge in [0.15, 0.2) is 5.96 Å². The first kappa shape index (κ1) is 24.2. The van der Waals surface area contributed by atoms with E-state index in [0.717, 1.165) is 42.5 Å². The minimum Gasteiger partial charge on any atom is -0.494 e. The maximum absolute atomic E-state index is 5.93. The zero-order valence-corrected chi connectivity index (χ0v) is 21.4. The van der Waals surface area contributed by atoms with Crippen LogP contribution < -0.4 is 25.0 Å². The molecule has 2 N–H and O–H groups in total. The fourth-order valence-corrected chi connectivity index (χ4v) is 4.05. The van der Waals surface area contributed by atoms with Crippen molar-refractivity contribution in [2.75, 3.05) is 31.6 Å². The first-order valence-electron chi connectivity index (χ1n) is 11.0. The van der Waals surface area contributed by atoms with E-state index >= 15 is 0 Å². The summed E-state index contributed by atoms with van der Waals surface area (Å²) in [5.74, 6) is 2.63. The molecule has 1 unspecified atom stereocenters. The number of anilines is 1. The van der Waals surface area contributed by atoms with Crippen LogP contribution in [0.3, 0.4) is 0 Å². The SMILES string of the molecule is CCOc1cc2c(cc1CNC(=NC)NCc1cccc(N3CC=CC3)c1)OC(C)C2.I. The van der Waals surface area contributed by atoms with Gasteiger partial charge in [0.25, 0.3) is 0 Å². The molecule has 0 saturated heterocycles. The van der Waals surface area contributed by atoms with Crippen molar-refractivity contribution < 1.29 is 9.47 Å². The van der Waals surface area contributed by atoms with Crippen LogP contribution in [0.15, 0.2) is 53.5 Å². The minimum absolute atomic E-state index is 0. The average molecular weight is 548 g/mol. The number of halogens is 1. The third kappa shape index (κ3) is 5.88. The van der Waals surface area contributed by atoms with Gasteiger partial charge in [-0.15, -0.1) is 24.0 Å². The molecule has 6 nitrogen and oxygen atoms in total. The molecule has 0 fully saturated rings. The Morgan fingerprint density at radius 3 is 2.69 bits per heavy atom. The molecule has 7 heteroatoms. The summed E-state index contributed by atoms with van der Waals surface area (Å²) in [4.78, 5) is 6.73. The van der Waals surface area contributed by atoms with Crippen molar-refractivity contribution in [2.45, 2.75) is 39.5 Å². The summed E-state index contributed by atoms with van der Waals surface area (Å²) in [5, 5.41) is 6.83. The van der Waals surface area contributed by atoms with Crippen LogP contribution in [-0.2, 0) is 19.5 Å². The van der Waals surface area contributed by atoms with Gasteiger partial charge in [-0.25, -0.2) is 0 Å². The summed E-state index contributed by atoms with van der Waals surface area (Å²) in [6, 6.07) is 12.9. The lowest BCUT2D eigenvalue weighted by Gasteiger charge is -2.19. The van der Waals surface area contributed by atoms with Gasteiger partial charge >= 0.3 is 0 Å². The van der Waals surface area contributed by atoms with Crippen molar-refractivity contribution in [2.24, 2.45) is 4.99 Å². The lowest BCUT2D eigenvalue weighted by molar-refractivity contribution is 0.254. The molecule has 0 radical (unpaired) electrons. The molecule has 2 aliphatic heterocycles. The molecule has 1 atom stereocenters. The molecule has 2 aliphatic rings. The fourth-order valence-electron chi connectivity index (χ4n) is 4.05. The molecule has 4 rings (SSSR count). The van der Waals surface area contributed by atoms with Gasteiger partial charge < -0.3 is 25.0 Å². The molecular weight excluding hydrogens is 515 g/mol. The smallest absolute Gasteiger partial charge is 0.191 e. The molecule has 0 amide bonds. The Morgan fingerprint density at radius 1 is 1.16 bits per heavy atom. The molecular formula is C25H33IN4O2. The Balaban J connectivity index is 0.00000289. The number of fused-ring (bicyclic) bond motifs is 1. The first-order chi connectivity index (χ1) is 15.2. The zero-order valence-electron chi connectivity index (χ0n) is 19.1. The molecule has 0 spiro atoms. The van der Waals surface area contributed by atoms with Crippen molar-refractivity contribution in [3.05, 3.63) is 65.2 Å². The van der Waals surface area contributed by atoms with E-state index in [2.05, 4.69) is 76.0 Å². The quantitative estimate of drug-likeness (QED) is 0.234. The highest BCUT2D eigenvalue weighted by Gasteiger charge is 2.22. The predicted octanol–water partition coefficient (Wildman–Crippen LogP) is 4.27. The van der Waals surface area contributed by atoms with Crippen LogP contribution in [0, 0.1) is 0 Å². The largest absolute Gasteiger partial charge is 0.494 e. The Bertz CT molecular complexity index is 968. The van der Waals surface area contributed by atoms with Crippen LogP contribution in [0.5, 0.6) is 11.5 Å². The maximum Gasteiger partial charge on any atom is 0.191 e. The predicted molar refractivity (Wildman–Crippen MR) is 142 cm³/mol. The molecule has 0 bridgehead atoms. The van der Waals surface area contributed by atoms with Crippen LogP contribution >= 0.6 is 24.0 Å². The summed E-state index contributed by atoms with van der Waals surface area (Å²) in [7, 11) is 1.79. The summed E-state index contributed by atoms with van der Waals surface area (Å²) < 4.78 is 11.8. The van der Waals surface area contributed by atoms with E-state index in [-0.39, 0.29) is 30.1 Å². The molecule has 32 heavy (non-hydrogen) atoms. The standard InChI is InChI=1S/C25H32N4O2.HI/c1-4-30-23-14-20-12-18(2)31-24(20)15-21(23)17-28-25(26-3)27-16-19-8-7-9-22(13-19)29-10-5-6-11-29;/h5-9,13-15,18H,4,10-12,16-17H2,1-3H3,(H2,26,27,28);1H. The topological polar surface area (TPSA) is 58.1 Å². The summed E-state index contributed by atoms with van der Waals surface area (Å²) in [6.45, 7) is 8.02. The monoisotopic (exact) mass is 548 g/mol. The third-order valence-electron chi connectivity index (χ3n) is 5.60. The average Bonchev–Trinajstić information content (AvgIpc) is 3.43. The second-order valence-electron chi connectivity index (χ2n) is 7.96. The normalized spacial score (nSPS) is 16.9. The van der Waals surface area contributed by atoms with Gasteiger partial charge in [0.2, 0.25) is 0 Å². The molecule has 0 saturated carbocycles. The number of nitrogens with zero attached hydrogens (tertiary/aromatic N) is 2. The maximum atomic E-state index is 5.93. The van der Waals surface area contributed by atoms with Crippen LogP contribution in [0.2, 0.25) is 0 Å². The number of rotatable bonds is 7. The van der Waals surface area contributed by atoms with Gasteiger partial charge in [-0.05, 0) is 43.7 Å². The summed E-state index contributed by atoms with van der Waals surface area (Å²) >= 11 is 0. The second kappa shape index (κ2) is 11.4. The van der Waals surface area contributed by atoms with Gasteiger partial charge in [0, 0.05) is 56.5 Å². The van der Waals surface area contributed by atoms with Crippen molar-refractivity contribution >= 4 is 35.6 Å². The Hall–Kier alpha value is -2.42. The number of ether oxygens (including phenoxy) is 2. The molecule has 2 heterocycles. The molecule has 2 aromatic rings. The van der Waals surface area contributed by atoms with E-state index in [9.17, 15) is 0 Å². The van der Waals surface area contributed by atoms with Crippen molar-refractivity contribution in [3.63, 3.8) is 0 Å². The first-order valence-corrected chi connectivity index (χ1v) is 11.0. The van der Waals surface area contributed by atoms with Gasteiger partial charge in [-0.2, -0.15) is 0 Å². The molecule has 172 valence electrons. The Labute approximate surface area is 208 Å². The van der Waals surface area contributed by atoms with E-state index in [1.54, 1.807) is 7.05 Å². The van der Waals surface area contributed by atoms with Gasteiger partial charge in [0.05, 0.1) is 6.61 Å². The fraction of sp³-hybridized carbons (Fsp3) is 0.400. The van der Waals surface area contributed by atoms with Gasteiger partial charge in [0.1, 0.15) is 17.6 Å². The molecule has 0 aromatic heterocycles. The van der Waals surface area contributed by atoms with Gasteiger partial charge in [-0.1, -0.05) is 24.3 Å². The highest BCUT2D eigenvalue weighted by Crippen LogP contribution is 2.35. The lowest BCUT2D eigenvalue weighted by Crippen LogP contribution is -2.36. The number of benzene rings is 2. The minimum atomic E-state index is 0. The van der Waals surface area contributed by atoms with Gasteiger partial charge in [-0.3, -0.25) is 4.99 Å². The van der Waals surface area contributed by atoms with Crippen LogP contribution in [0.25, 0.3) is 0 Å².